The molecule has 0 bridgehead atoms. The average molecular weight is 160 g/mol. The summed E-state index contributed by atoms with van der Waals surface area (Å²) in [5.74, 6) is 0. The van der Waals surface area contributed by atoms with Gasteiger partial charge in [-0.25, -0.2) is 0 Å². The lowest BCUT2D eigenvalue weighted by Crippen LogP contribution is -2.21. The Morgan fingerprint density at radius 1 is 1.64 bits per heavy atom. The van der Waals surface area contributed by atoms with Gasteiger partial charge in [0.25, 0.3) is 0 Å². The van der Waals surface area contributed by atoms with Crippen molar-refractivity contribution in [1.29, 1.82) is 0 Å². The largest absolute Gasteiger partial charge is 0.382 e. The number of hydrogen-bond donors (Lipinski definition) is 0. The molecule has 1 aliphatic heterocycles. The second kappa shape index (κ2) is 4.70. The monoisotopic (exact) mass is 160 g/mol. The van der Waals surface area contributed by atoms with E-state index in [2.05, 4.69) is 0 Å². The van der Waals surface area contributed by atoms with E-state index in [-0.39, 0.29) is 6.10 Å². The number of rotatable bonds is 6. The molecule has 0 saturated carbocycles. The van der Waals surface area contributed by atoms with E-state index in [0.29, 0.717) is 12.7 Å². The van der Waals surface area contributed by atoms with Gasteiger partial charge < -0.3 is 14.2 Å². The Hall–Kier alpha value is -0.120. The molecule has 2 atom stereocenters. The van der Waals surface area contributed by atoms with E-state index in [1.165, 1.54) is 0 Å². The van der Waals surface area contributed by atoms with Crippen LogP contribution in [0.2, 0.25) is 0 Å². The van der Waals surface area contributed by atoms with Gasteiger partial charge in [0.15, 0.2) is 0 Å². The van der Waals surface area contributed by atoms with E-state index >= 15 is 0 Å². The van der Waals surface area contributed by atoms with Gasteiger partial charge in [0, 0.05) is 20.1 Å². The third-order valence-corrected chi connectivity index (χ3v) is 1.68. The zero-order valence-corrected chi connectivity index (χ0v) is 7.21. The normalized spacial score (nSPS) is 25.1. The average Bonchev–Trinajstić information content (AvgIpc) is 2.73. The van der Waals surface area contributed by atoms with Crippen molar-refractivity contribution in [3.63, 3.8) is 0 Å². The number of ether oxygens (including phenoxy) is 3. The first-order valence-electron chi connectivity index (χ1n) is 4.09. The highest BCUT2D eigenvalue weighted by Crippen LogP contribution is 2.17. The van der Waals surface area contributed by atoms with Crippen LogP contribution in [0.5, 0.6) is 0 Å². The molecule has 0 aliphatic carbocycles. The van der Waals surface area contributed by atoms with Gasteiger partial charge in [-0.2, -0.15) is 0 Å². The van der Waals surface area contributed by atoms with Crippen molar-refractivity contribution in [1.82, 2.24) is 0 Å². The number of methoxy groups -OCH3 is 1. The summed E-state index contributed by atoms with van der Waals surface area (Å²) in [6, 6.07) is 0. The quantitative estimate of drug-likeness (QED) is 0.539. The van der Waals surface area contributed by atoms with E-state index in [1.807, 2.05) is 6.92 Å². The van der Waals surface area contributed by atoms with Crippen molar-refractivity contribution in [2.75, 3.05) is 26.9 Å². The van der Waals surface area contributed by atoms with E-state index in [0.717, 1.165) is 19.6 Å². The lowest BCUT2D eigenvalue weighted by atomic mass is 10.2. The van der Waals surface area contributed by atoms with Crippen molar-refractivity contribution in [3.05, 3.63) is 0 Å². The summed E-state index contributed by atoms with van der Waals surface area (Å²) in [4.78, 5) is 0. The molecule has 0 aromatic rings. The molecule has 1 heterocycles. The highest BCUT2D eigenvalue weighted by molar-refractivity contribution is 4.74. The molecule has 1 saturated heterocycles. The standard InChI is InChI=1S/C8H16O3/c1-3-10-7(5-9-2)4-8-6-11-8/h7-8H,3-6H2,1-2H3. The van der Waals surface area contributed by atoms with Crippen LogP contribution < -0.4 is 0 Å². The number of epoxide rings is 1. The third kappa shape index (κ3) is 3.70. The number of hydrogen-bond acceptors (Lipinski definition) is 3. The van der Waals surface area contributed by atoms with Crippen LogP contribution in [0.25, 0.3) is 0 Å². The molecule has 1 aliphatic rings. The van der Waals surface area contributed by atoms with Gasteiger partial charge in [-0.15, -0.1) is 0 Å². The fraction of sp³-hybridized carbons (Fsp3) is 1.00. The Labute approximate surface area is 67.6 Å². The third-order valence-electron chi connectivity index (χ3n) is 1.68. The Kier molecular flexibility index (Phi) is 3.83. The first-order valence-corrected chi connectivity index (χ1v) is 4.09. The molecule has 0 radical (unpaired) electrons. The maximum absolute atomic E-state index is 5.43. The molecule has 3 nitrogen and oxygen atoms in total. The van der Waals surface area contributed by atoms with Crippen LogP contribution in [0.4, 0.5) is 0 Å². The summed E-state index contributed by atoms with van der Waals surface area (Å²) in [6.07, 6.45) is 1.63. The van der Waals surface area contributed by atoms with Crippen molar-refractivity contribution >= 4 is 0 Å². The molecule has 0 aromatic heterocycles. The van der Waals surface area contributed by atoms with Crippen molar-refractivity contribution in [2.24, 2.45) is 0 Å². The molecule has 0 amide bonds. The first kappa shape index (κ1) is 8.97. The van der Waals surface area contributed by atoms with Gasteiger partial charge in [0.1, 0.15) is 0 Å². The molecule has 2 unspecified atom stereocenters. The maximum Gasteiger partial charge on any atom is 0.0835 e. The van der Waals surface area contributed by atoms with Crippen LogP contribution in [0, 0.1) is 0 Å². The summed E-state index contributed by atoms with van der Waals surface area (Å²) in [5, 5.41) is 0. The predicted molar refractivity (Wildman–Crippen MR) is 41.6 cm³/mol. The topological polar surface area (TPSA) is 31.0 Å². The van der Waals surface area contributed by atoms with E-state index in [9.17, 15) is 0 Å². The molecule has 66 valence electrons. The molecule has 11 heavy (non-hydrogen) atoms. The Morgan fingerprint density at radius 2 is 2.36 bits per heavy atom. The second-order valence-corrected chi connectivity index (χ2v) is 2.72. The predicted octanol–water partition coefficient (Wildman–Crippen LogP) is 0.827. The molecular formula is C8H16O3. The molecule has 1 rings (SSSR count). The van der Waals surface area contributed by atoms with Crippen LogP contribution in [0.1, 0.15) is 13.3 Å². The van der Waals surface area contributed by atoms with Gasteiger partial charge in [-0.1, -0.05) is 0 Å². The van der Waals surface area contributed by atoms with Crippen LogP contribution in [0.15, 0.2) is 0 Å². The van der Waals surface area contributed by atoms with Crippen LogP contribution in [-0.2, 0) is 14.2 Å². The maximum atomic E-state index is 5.43. The summed E-state index contributed by atoms with van der Waals surface area (Å²) in [7, 11) is 1.69. The lowest BCUT2D eigenvalue weighted by molar-refractivity contribution is -0.00398. The minimum Gasteiger partial charge on any atom is -0.382 e. The summed E-state index contributed by atoms with van der Waals surface area (Å²) in [6.45, 7) is 4.32. The molecule has 0 spiro atoms. The van der Waals surface area contributed by atoms with Gasteiger partial charge in [-0.05, 0) is 6.92 Å². The molecule has 3 heteroatoms. The zero-order valence-electron chi connectivity index (χ0n) is 7.21. The van der Waals surface area contributed by atoms with Crippen molar-refractivity contribution in [2.45, 2.75) is 25.6 Å². The fourth-order valence-corrected chi connectivity index (χ4v) is 1.10. The van der Waals surface area contributed by atoms with Crippen molar-refractivity contribution < 1.29 is 14.2 Å². The lowest BCUT2D eigenvalue weighted by Gasteiger charge is -2.14. The fourth-order valence-electron chi connectivity index (χ4n) is 1.10. The Bertz CT molecular complexity index is 95.5. The van der Waals surface area contributed by atoms with Gasteiger partial charge in [0.2, 0.25) is 0 Å². The van der Waals surface area contributed by atoms with Crippen LogP contribution >= 0.6 is 0 Å². The van der Waals surface area contributed by atoms with Crippen molar-refractivity contribution in [3.8, 4) is 0 Å². The summed E-state index contributed by atoms with van der Waals surface area (Å²) >= 11 is 0. The zero-order chi connectivity index (χ0) is 8.10. The van der Waals surface area contributed by atoms with Gasteiger partial charge in [0.05, 0.1) is 25.4 Å². The molecule has 1 fully saturated rings. The minimum atomic E-state index is 0.220. The van der Waals surface area contributed by atoms with E-state index in [4.69, 9.17) is 14.2 Å². The molecular weight excluding hydrogens is 144 g/mol. The highest BCUT2D eigenvalue weighted by Gasteiger charge is 2.26. The smallest absolute Gasteiger partial charge is 0.0835 e. The van der Waals surface area contributed by atoms with E-state index in [1.54, 1.807) is 7.11 Å². The Morgan fingerprint density at radius 3 is 2.82 bits per heavy atom. The highest BCUT2D eigenvalue weighted by atomic mass is 16.6. The van der Waals surface area contributed by atoms with Gasteiger partial charge in [-0.3, -0.25) is 0 Å². The van der Waals surface area contributed by atoms with Crippen LogP contribution in [0.3, 0.4) is 0 Å². The molecule has 0 aromatic carbocycles. The minimum absolute atomic E-state index is 0.220. The molecule has 0 N–H and O–H groups in total. The second-order valence-electron chi connectivity index (χ2n) is 2.72. The first-order chi connectivity index (χ1) is 5.36. The van der Waals surface area contributed by atoms with E-state index < -0.39 is 0 Å². The van der Waals surface area contributed by atoms with Crippen LogP contribution in [-0.4, -0.2) is 39.1 Å². The van der Waals surface area contributed by atoms with Gasteiger partial charge >= 0.3 is 0 Å². The summed E-state index contributed by atoms with van der Waals surface area (Å²) < 4.78 is 15.5. The summed E-state index contributed by atoms with van der Waals surface area (Å²) in [5.41, 5.74) is 0. The SMILES string of the molecule is CCOC(COC)CC1CO1. The Balaban J connectivity index is 2.08.